The first kappa shape index (κ1) is 16.4. The summed E-state index contributed by atoms with van der Waals surface area (Å²) in [6.07, 6.45) is 3.43. The summed E-state index contributed by atoms with van der Waals surface area (Å²) in [7, 11) is 0. The smallest absolute Gasteiger partial charge is 0.221 e. The zero-order chi connectivity index (χ0) is 17.1. The summed E-state index contributed by atoms with van der Waals surface area (Å²) < 4.78 is 7.30. The van der Waals surface area contributed by atoms with E-state index in [1.54, 1.807) is 30.6 Å². The van der Waals surface area contributed by atoms with Crippen LogP contribution in [0, 0.1) is 6.92 Å². The lowest BCUT2D eigenvalue weighted by atomic mass is 10.2. The van der Waals surface area contributed by atoms with Gasteiger partial charge in [0.1, 0.15) is 11.5 Å². The molecule has 0 bridgehead atoms. The van der Waals surface area contributed by atoms with Gasteiger partial charge in [-0.15, -0.1) is 0 Å². The van der Waals surface area contributed by atoms with Gasteiger partial charge in [-0.2, -0.15) is 5.10 Å². The van der Waals surface area contributed by atoms with Gasteiger partial charge < -0.3 is 10.5 Å². The number of aryl methyl sites for hydroxylation is 1. The number of hydrogen-bond acceptors (Lipinski definition) is 4. The van der Waals surface area contributed by atoms with E-state index in [1.165, 1.54) is 4.68 Å². The van der Waals surface area contributed by atoms with Crippen molar-refractivity contribution in [2.75, 3.05) is 5.73 Å². The van der Waals surface area contributed by atoms with Crippen LogP contribution in [0.15, 0.2) is 53.8 Å². The third kappa shape index (κ3) is 3.88. The van der Waals surface area contributed by atoms with Crippen LogP contribution in [-0.4, -0.2) is 15.9 Å². The Morgan fingerprint density at radius 2 is 1.92 bits per heavy atom. The van der Waals surface area contributed by atoms with Crippen molar-refractivity contribution in [3.05, 3.63) is 70.0 Å². The number of benzene rings is 2. The molecule has 0 aliphatic carbocycles. The molecule has 0 unspecified atom stereocenters. The Morgan fingerprint density at radius 3 is 2.62 bits per heavy atom. The molecule has 7 heteroatoms. The van der Waals surface area contributed by atoms with Crippen molar-refractivity contribution >= 4 is 35.4 Å². The molecule has 122 valence electrons. The van der Waals surface area contributed by atoms with E-state index < -0.39 is 0 Å². The van der Waals surface area contributed by atoms with E-state index in [1.807, 2.05) is 31.2 Å². The van der Waals surface area contributed by atoms with Crippen molar-refractivity contribution in [1.29, 1.82) is 0 Å². The highest BCUT2D eigenvalue weighted by Crippen LogP contribution is 2.29. The standard InChI is InChI=1S/C17H14Cl2N4O/c1-11-10-23(17(20)22-11)21-9-12-3-2-4-13(7-12)24-14-5-6-15(18)16(19)8-14/h2-10H,1H3,(H2,20,22). The summed E-state index contributed by atoms with van der Waals surface area (Å²) in [5.41, 5.74) is 7.42. The summed E-state index contributed by atoms with van der Waals surface area (Å²) in [4.78, 5) is 4.09. The first-order chi connectivity index (χ1) is 11.5. The maximum absolute atomic E-state index is 5.99. The summed E-state index contributed by atoms with van der Waals surface area (Å²) in [5, 5.41) is 5.21. The highest BCUT2D eigenvalue weighted by Gasteiger charge is 2.03. The molecule has 1 heterocycles. The number of rotatable bonds is 4. The maximum Gasteiger partial charge on any atom is 0.221 e. The van der Waals surface area contributed by atoms with Crippen molar-refractivity contribution in [3.63, 3.8) is 0 Å². The Hall–Kier alpha value is -2.50. The van der Waals surface area contributed by atoms with Crippen LogP contribution in [0.4, 0.5) is 5.95 Å². The van der Waals surface area contributed by atoms with Crippen molar-refractivity contribution < 1.29 is 4.74 Å². The molecule has 0 aliphatic rings. The van der Waals surface area contributed by atoms with Gasteiger partial charge in [-0.1, -0.05) is 35.3 Å². The number of nitrogens with two attached hydrogens (primary N) is 1. The van der Waals surface area contributed by atoms with Gasteiger partial charge >= 0.3 is 0 Å². The summed E-state index contributed by atoms with van der Waals surface area (Å²) in [6.45, 7) is 1.86. The number of aromatic nitrogens is 2. The minimum absolute atomic E-state index is 0.340. The fourth-order valence-corrected chi connectivity index (χ4v) is 2.35. The molecule has 3 aromatic rings. The van der Waals surface area contributed by atoms with Crippen molar-refractivity contribution in [2.45, 2.75) is 6.92 Å². The van der Waals surface area contributed by atoms with Crippen molar-refractivity contribution in [1.82, 2.24) is 9.66 Å². The van der Waals surface area contributed by atoms with Gasteiger partial charge in [0, 0.05) is 6.07 Å². The summed E-state index contributed by atoms with van der Waals surface area (Å²) >= 11 is 11.9. The number of halogens is 2. The van der Waals surface area contributed by atoms with Gasteiger partial charge in [-0.3, -0.25) is 0 Å². The van der Waals surface area contributed by atoms with Crippen LogP contribution in [0.5, 0.6) is 11.5 Å². The van der Waals surface area contributed by atoms with E-state index in [4.69, 9.17) is 33.7 Å². The normalized spacial score (nSPS) is 11.1. The molecule has 0 fully saturated rings. The van der Waals surface area contributed by atoms with Crippen LogP contribution in [0.2, 0.25) is 10.0 Å². The molecule has 2 aromatic carbocycles. The summed E-state index contributed by atoms with van der Waals surface area (Å²) in [6, 6.07) is 12.6. The van der Waals surface area contributed by atoms with Crippen LogP contribution in [-0.2, 0) is 0 Å². The zero-order valence-corrected chi connectivity index (χ0v) is 14.3. The molecule has 0 radical (unpaired) electrons. The molecule has 0 saturated carbocycles. The average Bonchev–Trinajstić information content (AvgIpc) is 2.87. The van der Waals surface area contributed by atoms with Crippen LogP contribution < -0.4 is 10.5 Å². The Labute approximate surface area is 149 Å². The molecular formula is C17H14Cl2N4O. The molecule has 0 atom stereocenters. The van der Waals surface area contributed by atoms with E-state index in [2.05, 4.69) is 10.1 Å². The third-order valence-corrected chi connectivity index (χ3v) is 3.89. The quantitative estimate of drug-likeness (QED) is 0.682. The second-order valence-corrected chi connectivity index (χ2v) is 5.89. The molecule has 0 amide bonds. The van der Waals surface area contributed by atoms with Gasteiger partial charge in [0.2, 0.25) is 5.95 Å². The fourth-order valence-electron chi connectivity index (χ4n) is 2.06. The van der Waals surface area contributed by atoms with Gasteiger partial charge in [0.25, 0.3) is 0 Å². The SMILES string of the molecule is Cc1cn(N=Cc2cccc(Oc3ccc(Cl)c(Cl)c3)c2)c(N)n1. The third-order valence-electron chi connectivity index (χ3n) is 3.15. The molecule has 0 aliphatic heterocycles. The van der Waals surface area contributed by atoms with Crippen LogP contribution in [0.1, 0.15) is 11.3 Å². The predicted molar refractivity (Wildman–Crippen MR) is 97.3 cm³/mol. The first-order valence-electron chi connectivity index (χ1n) is 7.10. The number of imidazole rings is 1. The number of nitrogens with zero attached hydrogens (tertiary/aromatic N) is 3. The van der Waals surface area contributed by atoms with E-state index >= 15 is 0 Å². The monoisotopic (exact) mass is 360 g/mol. The molecule has 5 nitrogen and oxygen atoms in total. The highest BCUT2D eigenvalue weighted by atomic mass is 35.5. The van der Waals surface area contributed by atoms with Gasteiger partial charge in [-0.25, -0.2) is 9.66 Å². The van der Waals surface area contributed by atoms with E-state index in [-0.39, 0.29) is 0 Å². The zero-order valence-electron chi connectivity index (χ0n) is 12.8. The van der Waals surface area contributed by atoms with Gasteiger partial charge in [0.15, 0.2) is 0 Å². The van der Waals surface area contributed by atoms with Crippen LogP contribution >= 0.6 is 23.2 Å². The van der Waals surface area contributed by atoms with Crippen LogP contribution in [0.25, 0.3) is 0 Å². The Balaban J connectivity index is 1.78. The number of anilines is 1. The largest absolute Gasteiger partial charge is 0.457 e. The number of nitrogen functional groups attached to an aromatic ring is 1. The Morgan fingerprint density at radius 1 is 1.12 bits per heavy atom. The maximum atomic E-state index is 5.99. The number of ether oxygens (including phenoxy) is 1. The molecule has 3 rings (SSSR count). The van der Waals surface area contributed by atoms with E-state index in [0.29, 0.717) is 27.5 Å². The minimum Gasteiger partial charge on any atom is -0.457 e. The lowest BCUT2D eigenvalue weighted by molar-refractivity contribution is 0.482. The Kier molecular flexibility index (Phi) is 4.74. The van der Waals surface area contributed by atoms with Crippen LogP contribution in [0.3, 0.4) is 0 Å². The molecular weight excluding hydrogens is 347 g/mol. The van der Waals surface area contributed by atoms with Crippen molar-refractivity contribution in [3.8, 4) is 11.5 Å². The molecule has 1 aromatic heterocycles. The van der Waals surface area contributed by atoms with Gasteiger partial charge in [-0.05, 0) is 36.8 Å². The highest BCUT2D eigenvalue weighted by molar-refractivity contribution is 6.42. The molecule has 24 heavy (non-hydrogen) atoms. The topological polar surface area (TPSA) is 65.4 Å². The predicted octanol–water partition coefficient (Wildman–Crippen LogP) is 4.76. The van der Waals surface area contributed by atoms with Crippen molar-refractivity contribution in [2.24, 2.45) is 5.10 Å². The molecule has 0 saturated heterocycles. The summed E-state index contributed by atoms with van der Waals surface area (Å²) in [5.74, 6) is 1.60. The lowest BCUT2D eigenvalue weighted by Gasteiger charge is -2.07. The fraction of sp³-hybridized carbons (Fsp3) is 0.0588. The molecule has 0 spiro atoms. The minimum atomic E-state index is 0.340. The van der Waals surface area contributed by atoms with E-state index in [9.17, 15) is 0 Å². The van der Waals surface area contributed by atoms with Gasteiger partial charge in [0.05, 0.1) is 28.2 Å². The lowest BCUT2D eigenvalue weighted by Crippen LogP contribution is -1.97. The Bertz CT molecular complexity index is 905. The first-order valence-corrected chi connectivity index (χ1v) is 7.85. The average molecular weight is 361 g/mol. The van der Waals surface area contributed by atoms with E-state index in [0.717, 1.165) is 11.3 Å². The number of hydrogen-bond donors (Lipinski definition) is 1. The molecule has 2 N–H and O–H groups in total. The second-order valence-electron chi connectivity index (χ2n) is 5.08. The second kappa shape index (κ2) is 6.95.